The Balaban J connectivity index is 1.59. The molecule has 22 heavy (non-hydrogen) atoms. The van der Waals surface area contributed by atoms with E-state index in [4.69, 9.17) is 4.42 Å². The molecule has 0 saturated heterocycles. The lowest BCUT2D eigenvalue weighted by Gasteiger charge is -2.16. The van der Waals surface area contributed by atoms with Crippen molar-refractivity contribution in [1.29, 1.82) is 0 Å². The fourth-order valence-electron chi connectivity index (χ4n) is 2.68. The fraction of sp³-hybridized carbons (Fsp3) is 0.389. The molecule has 1 heterocycles. The quantitative estimate of drug-likeness (QED) is 0.921. The largest absolute Gasteiger partial charge is 0.508 e. The first-order chi connectivity index (χ1) is 10.5. The van der Waals surface area contributed by atoms with Crippen molar-refractivity contribution in [3.8, 4) is 5.75 Å². The van der Waals surface area contributed by atoms with Crippen LogP contribution in [0, 0.1) is 5.92 Å². The molecule has 2 atom stereocenters. The van der Waals surface area contributed by atoms with E-state index in [-0.39, 0.29) is 18.1 Å². The van der Waals surface area contributed by atoms with Crippen LogP contribution in [0.25, 0.3) is 0 Å². The molecule has 1 aromatic carbocycles. The zero-order valence-electron chi connectivity index (χ0n) is 13.0. The predicted octanol–water partition coefficient (Wildman–Crippen LogP) is 3.31. The number of furan rings is 1. The molecule has 1 aliphatic rings. The summed E-state index contributed by atoms with van der Waals surface area (Å²) in [6, 6.07) is 10.9. The first-order valence-corrected chi connectivity index (χ1v) is 7.64. The highest BCUT2D eigenvalue weighted by Crippen LogP contribution is 2.47. The molecule has 1 aromatic heterocycles. The molecular formula is C18H21NO3. The number of aromatic hydroxyl groups is 1. The first-order valence-electron chi connectivity index (χ1n) is 7.64. The van der Waals surface area contributed by atoms with Crippen LogP contribution >= 0.6 is 0 Å². The summed E-state index contributed by atoms with van der Waals surface area (Å²) in [6.45, 7) is 2.67. The van der Waals surface area contributed by atoms with Crippen LogP contribution in [-0.2, 0) is 17.8 Å². The van der Waals surface area contributed by atoms with Crippen molar-refractivity contribution in [3.63, 3.8) is 0 Å². The van der Waals surface area contributed by atoms with Gasteiger partial charge in [0, 0.05) is 18.5 Å². The summed E-state index contributed by atoms with van der Waals surface area (Å²) >= 11 is 0. The van der Waals surface area contributed by atoms with Crippen molar-refractivity contribution in [2.45, 2.75) is 32.2 Å². The summed E-state index contributed by atoms with van der Waals surface area (Å²) in [4.78, 5) is 13.9. The van der Waals surface area contributed by atoms with Crippen molar-refractivity contribution in [1.82, 2.24) is 4.90 Å². The average Bonchev–Trinajstić information content (AvgIpc) is 3.04. The number of para-hydroxylation sites is 1. The molecule has 0 bridgehead atoms. The summed E-state index contributed by atoms with van der Waals surface area (Å²) in [7, 11) is 1.75. The topological polar surface area (TPSA) is 53.7 Å². The number of phenolic OH excluding ortho intramolecular Hbond substituents is 1. The molecular weight excluding hydrogens is 278 g/mol. The third-order valence-corrected chi connectivity index (χ3v) is 4.31. The van der Waals surface area contributed by atoms with Gasteiger partial charge in [0.25, 0.3) is 0 Å². The lowest BCUT2D eigenvalue weighted by atomic mass is 10.1. The Morgan fingerprint density at radius 1 is 1.32 bits per heavy atom. The molecule has 3 rings (SSSR count). The minimum atomic E-state index is -0.0424. The summed E-state index contributed by atoms with van der Waals surface area (Å²) in [5.41, 5.74) is 0.645. The molecule has 0 spiro atoms. The highest BCUT2D eigenvalue weighted by molar-refractivity contribution is 5.79. The van der Waals surface area contributed by atoms with E-state index in [0.717, 1.165) is 11.5 Å². The lowest BCUT2D eigenvalue weighted by Crippen LogP contribution is -2.27. The van der Waals surface area contributed by atoms with E-state index in [0.29, 0.717) is 23.9 Å². The van der Waals surface area contributed by atoms with Crippen molar-refractivity contribution < 1.29 is 14.3 Å². The second-order valence-electron chi connectivity index (χ2n) is 6.18. The summed E-state index contributed by atoms with van der Waals surface area (Å²) < 4.78 is 5.83. The van der Waals surface area contributed by atoms with Gasteiger partial charge < -0.3 is 14.4 Å². The van der Waals surface area contributed by atoms with E-state index in [1.165, 1.54) is 6.42 Å². The Kier molecular flexibility index (Phi) is 3.92. The Morgan fingerprint density at radius 2 is 2.05 bits per heavy atom. The third-order valence-electron chi connectivity index (χ3n) is 4.31. The number of carbonyl (C=O) groups excluding carboxylic acids is 1. The standard InChI is InChI=1S/C18H21NO3/c1-12-9-15(12)17-8-7-14(22-17)11-19(2)18(21)10-13-5-3-4-6-16(13)20/h3-8,12,15,20H,9-11H2,1-2H3/t12-,15+/m0/s1. The van der Waals surface area contributed by atoms with E-state index >= 15 is 0 Å². The van der Waals surface area contributed by atoms with Crippen LogP contribution in [0.2, 0.25) is 0 Å². The monoisotopic (exact) mass is 299 g/mol. The third kappa shape index (κ3) is 3.16. The van der Waals surface area contributed by atoms with Gasteiger partial charge in [-0.15, -0.1) is 0 Å². The zero-order valence-corrected chi connectivity index (χ0v) is 13.0. The molecule has 0 radical (unpaired) electrons. The molecule has 116 valence electrons. The lowest BCUT2D eigenvalue weighted by molar-refractivity contribution is -0.129. The van der Waals surface area contributed by atoms with Crippen LogP contribution in [0.15, 0.2) is 40.8 Å². The molecule has 1 saturated carbocycles. The Hall–Kier alpha value is -2.23. The molecule has 4 nitrogen and oxygen atoms in total. The van der Waals surface area contributed by atoms with Gasteiger partial charge in [-0.05, 0) is 30.5 Å². The van der Waals surface area contributed by atoms with E-state index in [1.54, 1.807) is 30.1 Å². The average molecular weight is 299 g/mol. The first kappa shape index (κ1) is 14.7. The van der Waals surface area contributed by atoms with Crippen molar-refractivity contribution in [2.24, 2.45) is 5.92 Å². The molecule has 2 aromatic rings. The second-order valence-corrected chi connectivity index (χ2v) is 6.18. The maximum absolute atomic E-state index is 12.2. The molecule has 0 aliphatic heterocycles. The number of likely N-dealkylation sites (N-methyl/N-ethyl adjacent to an activating group) is 1. The number of benzene rings is 1. The normalized spacial score (nSPS) is 19.9. The predicted molar refractivity (Wildman–Crippen MR) is 83.5 cm³/mol. The number of nitrogens with zero attached hydrogens (tertiary/aromatic N) is 1. The van der Waals surface area contributed by atoms with Crippen LogP contribution in [0.4, 0.5) is 0 Å². The number of hydrogen-bond donors (Lipinski definition) is 1. The van der Waals surface area contributed by atoms with Gasteiger partial charge in [0.15, 0.2) is 0 Å². The zero-order chi connectivity index (χ0) is 15.7. The van der Waals surface area contributed by atoms with Crippen LogP contribution in [-0.4, -0.2) is 23.0 Å². The number of amides is 1. The molecule has 1 fully saturated rings. The van der Waals surface area contributed by atoms with Crippen molar-refractivity contribution >= 4 is 5.91 Å². The van der Waals surface area contributed by atoms with Crippen LogP contribution in [0.5, 0.6) is 5.75 Å². The summed E-state index contributed by atoms with van der Waals surface area (Å²) in [5.74, 6) is 3.22. The number of hydrogen-bond acceptors (Lipinski definition) is 3. The van der Waals surface area contributed by atoms with Crippen LogP contribution in [0.3, 0.4) is 0 Å². The van der Waals surface area contributed by atoms with Crippen LogP contribution in [0.1, 0.15) is 36.3 Å². The molecule has 0 unspecified atom stereocenters. The molecule has 4 heteroatoms. The van der Waals surface area contributed by atoms with Crippen molar-refractivity contribution in [3.05, 3.63) is 53.5 Å². The van der Waals surface area contributed by atoms with Gasteiger partial charge in [-0.1, -0.05) is 25.1 Å². The van der Waals surface area contributed by atoms with Crippen LogP contribution < -0.4 is 0 Å². The van der Waals surface area contributed by atoms with E-state index in [2.05, 4.69) is 6.92 Å². The fourth-order valence-corrected chi connectivity index (χ4v) is 2.68. The number of carbonyl (C=O) groups is 1. The summed E-state index contributed by atoms with van der Waals surface area (Å²) in [5, 5.41) is 9.74. The second kappa shape index (κ2) is 5.87. The molecule has 1 N–H and O–H groups in total. The van der Waals surface area contributed by atoms with Gasteiger partial charge in [0.05, 0.1) is 13.0 Å². The Morgan fingerprint density at radius 3 is 2.73 bits per heavy atom. The van der Waals surface area contributed by atoms with E-state index in [9.17, 15) is 9.90 Å². The minimum absolute atomic E-state index is 0.0424. The van der Waals surface area contributed by atoms with E-state index < -0.39 is 0 Å². The van der Waals surface area contributed by atoms with Gasteiger partial charge >= 0.3 is 0 Å². The Bertz CT molecular complexity index is 676. The molecule has 1 amide bonds. The highest BCUT2D eigenvalue weighted by Gasteiger charge is 2.36. The van der Waals surface area contributed by atoms with Gasteiger partial charge in [-0.2, -0.15) is 0 Å². The molecule has 1 aliphatic carbocycles. The van der Waals surface area contributed by atoms with E-state index in [1.807, 2.05) is 18.2 Å². The highest BCUT2D eigenvalue weighted by atomic mass is 16.3. The number of phenols is 1. The summed E-state index contributed by atoms with van der Waals surface area (Å²) in [6.07, 6.45) is 1.38. The van der Waals surface area contributed by atoms with Gasteiger partial charge in [0.1, 0.15) is 17.3 Å². The van der Waals surface area contributed by atoms with Gasteiger partial charge in [0.2, 0.25) is 5.91 Å². The minimum Gasteiger partial charge on any atom is -0.508 e. The smallest absolute Gasteiger partial charge is 0.227 e. The van der Waals surface area contributed by atoms with Gasteiger partial charge in [-0.3, -0.25) is 4.79 Å². The van der Waals surface area contributed by atoms with Crippen molar-refractivity contribution in [2.75, 3.05) is 7.05 Å². The Labute approximate surface area is 130 Å². The maximum atomic E-state index is 12.2. The van der Waals surface area contributed by atoms with Gasteiger partial charge in [-0.25, -0.2) is 0 Å². The maximum Gasteiger partial charge on any atom is 0.227 e. The number of rotatable bonds is 5. The SMILES string of the molecule is C[C@H]1C[C@H]1c1ccc(CN(C)C(=O)Cc2ccccc2O)o1.